The van der Waals surface area contributed by atoms with Gasteiger partial charge in [0.2, 0.25) is 5.91 Å². The number of hydrogen-bond donors (Lipinski definition) is 2. The monoisotopic (exact) mass is 343 g/mol. The number of fused-ring (bicyclic) bond motifs is 1. The minimum atomic E-state index is -1.16. The van der Waals surface area contributed by atoms with Crippen molar-refractivity contribution in [2.75, 3.05) is 0 Å². The molecule has 0 saturated carbocycles. The highest BCUT2D eigenvalue weighted by atomic mass is 16.6. The zero-order chi connectivity index (χ0) is 17.7. The minimum Gasteiger partial charge on any atom is -0.477 e. The van der Waals surface area contributed by atoms with Crippen LogP contribution in [0.4, 0.5) is 0 Å². The number of aliphatic hydroxyl groups is 1. The van der Waals surface area contributed by atoms with Crippen LogP contribution in [0.2, 0.25) is 0 Å². The van der Waals surface area contributed by atoms with E-state index < -0.39 is 24.1 Å². The number of carbonyl (C=O) groups excluding carboxylic acids is 1. The molecule has 0 spiro atoms. The van der Waals surface area contributed by atoms with E-state index >= 15 is 0 Å². The number of aromatic nitrogens is 1. The lowest BCUT2D eigenvalue weighted by atomic mass is 9.82. The summed E-state index contributed by atoms with van der Waals surface area (Å²) in [5.74, 6) is -2.07. The largest absolute Gasteiger partial charge is 0.477 e. The number of β-lactam (4-membered cyclic amide) rings is 1. The van der Waals surface area contributed by atoms with Crippen LogP contribution in [-0.4, -0.2) is 55.9 Å². The fourth-order valence-corrected chi connectivity index (χ4v) is 3.86. The van der Waals surface area contributed by atoms with Crippen LogP contribution in [0.5, 0.6) is 0 Å². The van der Waals surface area contributed by atoms with Crippen LogP contribution < -0.4 is 0 Å². The second-order valence-corrected chi connectivity index (χ2v) is 6.50. The lowest BCUT2D eigenvalue weighted by molar-refractivity contribution is -0.161. The normalized spacial score (nSPS) is 29.0. The van der Waals surface area contributed by atoms with Gasteiger partial charge in [-0.25, -0.2) is 4.79 Å². The first-order chi connectivity index (χ1) is 12.0. The fourth-order valence-electron chi connectivity index (χ4n) is 3.86. The molecule has 130 valence electrons. The maximum absolute atomic E-state index is 12.2. The van der Waals surface area contributed by atoms with Crippen molar-refractivity contribution in [3.8, 4) is 0 Å². The van der Waals surface area contributed by atoms with E-state index in [9.17, 15) is 19.8 Å². The zero-order valence-electron chi connectivity index (χ0n) is 13.5. The summed E-state index contributed by atoms with van der Waals surface area (Å²) in [5, 5.41) is 23.4. The van der Waals surface area contributed by atoms with Crippen LogP contribution in [0.1, 0.15) is 25.3 Å². The quantitative estimate of drug-likeness (QED) is 0.771. The number of oxime groups is 1. The summed E-state index contributed by atoms with van der Waals surface area (Å²) in [7, 11) is 0. The Morgan fingerprint density at radius 1 is 1.44 bits per heavy atom. The first-order valence-electron chi connectivity index (χ1n) is 8.09. The van der Waals surface area contributed by atoms with Gasteiger partial charge in [-0.3, -0.25) is 9.78 Å². The summed E-state index contributed by atoms with van der Waals surface area (Å²) in [6.07, 6.45) is 2.80. The molecule has 1 aromatic rings. The summed E-state index contributed by atoms with van der Waals surface area (Å²) in [5.41, 5.74) is 2.04. The molecule has 1 saturated heterocycles. The van der Waals surface area contributed by atoms with Crippen molar-refractivity contribution in [2.24, 2.45) is 11.1 Å². The fraction of sp³-hybridized carbons (Fsp3) is 0.412. The summed E-state index contributed by atoms with van der Waals surface area (Å²) in [6, 6.07) is 3.33. The molecule has 0 radical (unpaired) electrons. The standard InChI is InChI=1S/C17H17N3O5/c1-8(21)14-12-5-10(15(17(23)24)20(12)16(14)22)13-6-11(19-25-13)9-3-2-4-18-7-9/h2-4,7-8,12-14,21H,5-6H2,1H3,(H,23,24)/t8-,12-,13+,14-/m1/s1. The molecule has 8 heteroatoms. The summed E-state index contributed by atoms with van der Waals surface area (Å²) in [6.45, 7) is 1.55. The average molecular weight is 343 g/mol. The molecular weight excluding hydrogens is 326 g/mol. The number of carboxylic acid groups (broad SMARTS) is 1. The van der Waals surface area contributed by atoms with Gasteiger partial charge in [-0.2, -0.15) is 0 Å². The van der Waals surface area contributed by atoms with Crippen LogP contribution in [0, 0.1) is 5.92 Å². The van der Waals surface area contributed by atoms with Crippen molar-refractivity contribution in [2.45, 2.75) is 38.0 Å². The molecule has 3 aliphatic rings. The molecule has 1 fully saturated rings. The molecule has 0 aromatic carbocycles. The van der Waals surface area contributed by atoms with E-state index in [2.05, 4.69) is 10.1 Å². The van der Waals surface area contributed by atoms with Crippen molar-refractivity contribution >= 4 is 17.6 Å². The second-order valence-electron chi connectivity index (χ2n) is 6.50. The SMILES string of the molecule is C[C@@H](O)[C@H]1C(=O)N2C(C(=O)O)=C([C@@H]3CC(c4cccnc4)=NO3)C[C@H]12. The maximum atomic E-state index is 12.2. The molecule has 25 heavy (non-hydrogen) atoms. The molecule has 2 N–H and O–H groups in total. The van der Waals surface area contributed by atoms with Gasteiger partial charge in [0.05, 0.1) is 23.8 Å². The molecule has 4 rings (SSSR count). The Morgan fingerprint density at radius 2 is 2.24 bits per heavy atom. The molecular formula is C17H17N3O5. The Bertz CT molecular complexity index is 802. The number of nitrogens with zero attached hydrogens (tertiary/aromatic N) is 3. The van der Waals surface area contributed by atoms with Crippen LogP contribution in [0.3, 0.4) is 0 Å². The van der Waals surface area contributed by atoms with Crippen molar-refractivity contribution < 1.29 is 24.6 Å². The third-order valence-corrected chi connectivity index (χ3v) is 5.02. The van der Waals surface area contributed by atoms with Gasteiger partial charge in [0.15, 0.2) is 6.10 Å². The Labute approximate surface area is 143 Å². The number of rotatable bonds is 4. The maximum Gasteiger partial charge on any atom is 0.352 e. The number of aliphatic carboxylic acids is 1. The van der Waals surface area contributed by atoms with E-state index in [1.165, 1.54) is 4.90 Å². The van der Waals surface area contributed by atoms with E-state index in [4.69, 9.17) is 4.84 Å². The number of carbonyl (C=O) groups is 2. The Hall–Kier alpha value is -2.74. The van der Waals surface area contributed by atoms with Gasteiger partial charge in [-0.1, -0.05) is 5.16 Å². The highest BCUT2D eigenvalue weighted by molar-refractivity contribution is 6.02. The van der Waals surface area contributed by atoms with E-state index in [0.717, 1.165) is 5.56 Å². The lowest BCUT2D eigenvalue weighted by Gasteiger charge is -2.44. The lowest BCUT2D eigenvalue weighted by Crippen LogP contribution is -2.61. The van der Waals surface area contributed by atoms with Gasteiger partial charge in [0, 0.05) is 30.0 Å². The summed E-state index contributed by atoms with van der Waals surface area (Å²) >= 11 is 0. The Kier molecular flexibility index (Phi) is 3.57. The van der Waals surface area contributed by atoms with Crippen LogP contribution in [-0.2, 0) is 14.4 Å². The van der Waals surface area contributed by atoms with Gasteiger partial charge < -0.3 is 20.0 Å². The van der Waals surface area contributed by atoms with Crippen LogP contribution in [0.15, 0.2) is 41.0 Å². The highest BCUT2D eigenvalue weighted by Gasteiger charge is 2.58. The van der Waals surface area contributed by atoms with Crippen molar-refractivity contribution in [3.05, 3.63) is 41.4 Å². The number of carboxylic acids is 1. The third kappa shape index (κ3) is 2.32. The van der Waals surface area contributed by atoms with Crippen molar-refractivity contribution in [1.82, 2.24) is 9.88 Å². The molecule has 0 aliphatic carbocycles. The van der Waals surface area contributed by atoms with Gasteiger partial charge in [-0.15, -0.1) is 0 Å². The number of hydrogen-bond acceptors (Lipinski definition) is 6. The first-order valence-corrected chi connectivity index (χ1v) is 8.09. The zero-order valence-corrected chi connectivity index (χ0v) is 13.5. The number of aliphatic hydroxyl groups excluding tert-OH is 1. The van der Waals surface area contributed by atoms with Crippen LogP contribution in [0.25, 0.3) is 0 Å². The summed E-state index contributed by atoms with van der Waals surface area (Å²) < 4.78 is 0. The van der Waals surface area contributed by atoms with E-state index in [-0.39, 0.29) is 17.6 Å². The van der Waals surface area contributed by atoms with Crippen molar-refractivity contribution in [1.29, 1.82) is 0 Å². The van der Waals surface area contributed by atoms with E-state index in [1.54, 1.807) is 25.4 Å². The molecule has 4 heterocycles. The molecule has 1 amide bonds. The average Bonchev–Trinajstić information content (AvgIpc) is 3.17. The van der Waals surface area contributed by atoms with E-state index in [1.807, 2.05) is 6.07 Å². The molecule has 3 aliphatic heterocycles. The Morgan fingerprint density at radius 3 is 2.88 bits per heavy atom. The molecule has 4 atom stereocenters. The Balaban J connectivity index is 1.59. The van der Waals surface area contributed by atoms with Gasteiger partial charge >= 0.3 is 5.97 Å². The molecule has 8 nitrogen and oxygen atoms in total. The predicted octanol–water partition coefficient (Wildman–Crippen LogP) is 0.525. The van der Waals surface area contributed by atoms with E-state index in [0.29, 0.717) is 24.1 Å². The van der Waals surface area contributed by atoms with Gasteiger partial charge in [0.1, 0.15) is 5.70 Å². The molecule has 0 unspecified atom stereocenters. The number of amides is 1. The third-order valence-electron chi connectivity index (χ3n) is 5.02. The molecule has 0 bridgehead atoms. The smallest absolute Gasteiger partial charge is 0.352 e. The second kappa shape index (κ2) is 5.66. The summed E-state index contributed by atoms with van der Waals surface area (Å²) in [4.78, 5) is 34.8. The predicted molar refractivity (Wildman–Crippen MR) is 85.3 cm³/mol. The van der Waals surface area contributed by atoms with Crippen molar-refractivity contribution in [3.63, 3.8) is 0 Å². The van der Waals surface area contributed by atoms with Gasteiger partial charge in [-0.05, 0) is 25.5 Å². The van der Waals surface area contributed by atoms with Crippen LogP contribution >= 0.6 is 0 Å². The first kappa shape index (κ1) is 15.8. The topological polar surface area (TPSA) is 112 Å². The van der Waals surface area contributed by atoms with Gasteiger partial charge in [0.25, 0.3) is 0 Å². The highest BCUT2D eigenvalue weighted by Crippen LogP contribution is 2.46. The minimum absolute atomic E-state index is 0.0282. The number of pyridine rings is 1. The molecule has 1 aromatic heterocycles.